The van der Waals surface area contributed by atoms with Gasteiger partial charge in [0.1, 0.15) is 16.3 Å². The van der Waals surface area contributed by atoms with Crippen LogP contribution in [0, 0.1) is 10.1 Å². The van der Waals surface area contributed by atoms with E-state index in [4.69, 9.17) is 21.4 Å². The first-order valence-electron chi connectivity index (χ1n) is 4.72. The highest BCUT2D eigenvalue weighted by molar-refractivity contribution is 6.33. The smallest absolute Gasteiger partial charge is 0.339 e. The minimum atomic E-state index is -1.31. The Morgan fingerprint density at radius 2 is 2.00 bits per heavy atom. The lowest BCUT2D eigenvalue weighted by molar-refractivity contribution is -0.384. The lowest BCUT2D eigenvalue weighted by Crippen LogP contribution is -2.02. The van der Waals surface area contributed by atoms with Gasteiger partial charge in [-0.15, -0.1) is 0 Å². The summed E-state index contributed by atoms with van der Waals surface area (Å²) >= 11 is 5.57. The summed E-state index contributed by atoms with van der Waals surface area (Å²) in [4.78, 5) is 20.4. The van der Waals surface area contributed by atoms with Crippen LogP contribution in [0.4, 0.5) is 5.69 Å². The molecule has 0 radical (unpaired) electrons. The van der Waals surface area contributed by atoms with E-state index in [0.29, 0.717) is 0 Å². The quantitative estimate of drug-likeness (QED) is 0.667. The number of carboxylic acids is 1. The Kier molecular flexibility index (Phi) is 5.98. The minimum absolute atomic E-state index is 0.0156. The summed E-state index contributed by atoms with van der Waals surface area (Å²) < 4.78 is 4.73. The van der Waals surface area contributed by atoms with Crippen molar-refractivity contribution in [1.29, 1.82) is 0 Å². The summed E-state index contributed by atoms with van der Waals surface area (Å²) in [5.41, 5.74) is -0.761. The van der Waals surface area contributed by atoms with E-state index >= 15 is 0 Å². The van der Waals surface area contributed by atoms with Gasteiger partial charge in [0.2, 0.25) is 0 Å². The number of nitrogens with zero attached hydrogens (tertiary/aromatic N) is 1. The van der Waals surface area contributed by atoms with Gasteiger partial charge < -0.3 is 9.84 Å². The maximum atomic E-state index is 10.7. The van der Waals surface area contributed by atoms with Crippen LogP contribution in [0.25, 0.3) is 0 Å². The molecule has 0 bridgehead atoms. The highest BCUT2D eigenvalue weighted by Gasteiger charge is 2.20. The SMILES string of the molecule is CC.COc1cc(Cl)c([N+](=O)[O-])cc1C(=O)O. The minimum Gasteiger partial charge on any atom is -0.496 e. The summed E-state index contributed by atoms with van der Waals surface area (Å²) in [5, 5.41) is 19.1. The number of methoxy groups -OCH3 is 1. The largest absolute Gasteiger partial charge is 0.496 e. The summed E-state index contributed by atoms with van der Waals surface area (Å²) in [6, 6.07) is 1.96. The third-order valence-corrected chi connectivity index (χ3v) is 2.00. The summed E-state index contributed by atoms with van der Waals surface area (Å²) in [6.45, 7) is 4.00. The number of carbonyl (C=O) groups is 1. The third-order valence-electron chi connectivity index (χ3n) is 1.70. The maximum absolute atomic E-state index is 10.7. The molecule has 0 heterocycles. The normalized spacial score (nSPS) is 8.94. The summed E-state index contributed by atoms with van der Waals surface area (Å²) in [6.07, 6.45) is 0. The van der Waals surface area contributed by atoms with Crippen LogP contribution in [0.15, 0.2) is 12.1 Å². The molecule has 0 unspecified atom stereocenters. The van der Waals surface area contributed by atoms with Gasteiger partial charge in [0.05, 0.1) is 12.0 Å². The molecule has 0 aliphatic rings. The van der Waals surface area contributed by atoms with Crippen molar-refractivity contribution in [3.63, 3.8) is 0 Å². The Morgan fingerprint density at radius 1 is 1.47 bits per heavy atom. The molecule has 0 fully saturated rings. The van der Waals surface area contributed by atoms with Gasteiger partial charge in [-0.25, -0.2) is 4.79 Å². The van der Waals surface area contributed by atoms with Crippen molar-refractivity contribution >= 4 is 23.3 Å². The number of hydrogen-bond acceptors (Lipinski definition) is 4. The molecular weight excluding hydrogens is 250 g/mol. The lowest BCUT2D eigenvalue weighted by Gasteiger charge is -2.05. The van der Waals surface area contributed by atoms with Crippen molar-refractivity contribution in [2.24, 2.45) is 0 Å². The Morgan fingerprint density at radius 3 is 2.35 bits per heavy atom. The summed E-state index contributed by atoms with van der Waals surface area (Å²) in [7, 11) is 1.25. The molecule has 7 heteroatoms. The number of hydrogen-bond donors (Lipinski definition) is 1. The number of rotatable bonds is 3. The number of carboxylic acid groups (broad SMARTS) is 1. The Balaban J connectivity index is 0.00000121. The molecule has 0 atom stereocenters. The van der Waals surface area contributed by atoms with Crippen molar-refractivity contribution in [3.8, 4) is 5.75 Å². The molecule has 0 aliphatic carbocycles. The van der Waals surface area contributed by atoms with Crippen molar-refractivity contribution in [3.05, 3.63) is 32.8 Å². The first kappa shape index (κ1) is 15.2. The van der Waals surface area contributed by atoms with Crippen LogP contribution in [0.1, 0.15) is 24.2 Å². The molecular formula is C10H12ClNO5. The van der Waals surface area contributed by atoms with Gasteiger partial charge in [-0.3, -0.25) is 10.1 Å². The number of aromatic carboxylic acids is 1. The molecule has 0 saturated heterocycles. The standard InChI is InChI=1S/C8H6ClNO5.C2H6/c1-15-7-3-5(9)6(10(13)14)2-4(7)8(11)12;1-2/h2-3H,1H3,(H,11,12);1-2H3. The molecule has 17 heavy (non-hydrogen) atoms. The average molecular weight is 262 g/mol. The zero-order valence-electron chi connectivity index (χ0n) is 9.56. The van der Waals surface area contributed by atoms with E-state index in [-0.39, 0.29) is 16.3 Å². The predicted molar refractivity (Wildman–Crippen MR) is 63.0 cm³/mol. The summed E-state index contributed by atoms with van der Waals surface area (Å²) in [5.74, 6) is -1.33. The van der Waals surface area contributed by atoms with Gasteiger partial charge in [0, 0.05) is 12.1 Å². The fraction of sp³-hybridized carbons (Fsp3) is 0.300. The van der Waals surface area contributed by atoms with Crippen molar-refractivity contribution in [2.75, 3.05) is 7.11 Å². The van der Waals surface area contributed by atoms with Crippen LogP contribution < -0.4 is 4.74 Å². The first-order valence-corrected chi connectivity index (χ1v) is 5.10. The van der Waals surface area contributed by atoms with Gasteiger partial charge in [-0.1, -0.05) is 25.4 Å². The van der Waals surface area contributed by atoms with E-state index in [9.17, 15) is 14.9 Å². The van der Waals surface area contributed by atoms with E-state index in [1.54, 1.807) is 0 Å². The second-order valence-electron chi connectivity index (χ2n) is 2.57. The van der Waals surface area contributed by atoms with Gasteiger partial charge in [0.15, 0.2) is 0 Å². The molecule has 1 rings (SSSR count). The van der Waals surface area contributed by atoms with Crippen molar-refractivity contribution < 1.29 is 19.6 Å². The van der Waals surface area contributed by atoms with Gasteiger partial charge in [-0.05, 0) is 0 Å². The number of halogens is 1. The first-order chi connectivity index (χ1) is 7.97. The van der Waals surface area contributed by atoms with Gasteiger partial charge >= 0.3 is 5.97 Å². The molecule has 0 spiro atoms. The number of ether oxygens (including phenoxy) is 1. The molecule has 1 N–H and O–H groups in total. The zero-order valence-corrected chi connectivity index (χ0v) is 10.3. The second kappa shape index (κ2) is 6.70. The van der Waals surface area contributed by atoms with Gasteiger partial charge in [0.25, 0.3) is 5.69 Å². The van der Waals surface area contributed by atoms with Crippen LogP contribution in [-0.2, 0) is 0 Å². The fourth-order valence-electron chi connectivity index (χ4n) is 1.02. The predicted octanol–water partition coefficient (Wildman–Crippen LogP) is 2.98. The second-order valence-corrected chi connectivity index (χ2v) is 2.97. The van der Waals surface area contributed by atoms with Crippen LogP contribution >= 0.6 is 11.6 Å². The van der Waals surface area contributed by atoms with Gasteiger partial charge in [-0.2, -0.15) is 0 Å². The molecule has 0 amide bonds. The molecule has 0 aliphatic heterocycles. The Labute approximate surface area is 103 Å². The highest BCUT2D eigenvalue weighted by Crippen LogP contribution is 2.32. The molecule has 0 saturated carbocycles. The molecule has 0 aromatic heterocycles. The number of benzene rings is 1. The third kappa shape index (κ3) is 3.60. The highest BCUT2D eigenvalue weighted by atomic mass is 35.5. The number of nitro benzene ring substituents is 1. The van der Waals surface area contributed by atoms with Crippen LogP contribution in [0.5, 0.6) is 5.75 Å². The van der Waals surface area contributed by atoms with Crippen LogP contribution in [0.2, 0.25) is 5.02 Å². The van der Waals surface area contributed by atoms with Crippen LogP contribution in [0.3, 0.4) is 0 Å². The fourth-order valence-corrected chi connectivity index (χ4v) is 1.24. The number of nitro groups is 1. The van der Waals surface area contributed by atoms with Crippen LogP contribution in [-0.4, -0.2) is 23.1 Å². The van der Waals surface area contributed by atoms with E-state index in [1.807, 2.05) is 13.8 Å². The monoisotopic (exact) mass is 261 g/mol. The molecule has 6 nitrogen and oxygen atoms in total. The van der Waals surface area contributed by atoms with Crippen molar-refractivity contribution in [1.82, 2.24) is 0 Å². The van der Waals surface area contributed by atoms with Crippen molar-refractivity contribution in [2.45, 2.75) is 13.8 Å². The van der Waals surface area contributed by atoms with E-state index in [1.165, 1.54) is 7.11 Å². The average Bonchev–Trinajstić information content (AvgIpc) is 2.30. The van der Waals surface area contributed by atoms with E-state index < -0.39 is 16.6 Å². The topological polar surface area (TPSA) is 89.7 Å². The van der Waals surface area contributed by atoms with E-state index in [2.05, 4.69) is 0 Å². The molecule has 1 aromatic carbocycles. The zero-order chi connectivity index (χ0) is 13.6. The Hall–Kier alpha value is -1.82. The Bertz CT molecular complexity index is 433. The maximum Gasteiger partial charge on any atom is 0.339 e. The van der Waals surface area contributed by atoms with E-state index in [0.717, 1.165) is 12.1 Å². The molecule has 1 aromatic rings. The lowest BCUT2D eigenvalue weighted by atomic mass is 10.2. The molecule has 94 valence electrons.